The highest BCUT2D eigenvalue weighted by Crippen LogP contribution is 2.14. The zero-order valence-electron chi connectivity index (χ0n) is 12.4. The predicted molar refractivity (Wildman–Crippen MR) is 94.8 cm³/mol. The van der Waals surface area contributed by atoms with Crippen molar-refractivity contribution in [2.75, 3.05) is 6.61 Å². The summed E-state index contributed by atoms with van der Waals surface area (Å²) in [4.78, 5) is 23.2. The summed E-state index contributed by atoms with van der Waals surface area (Å²) in [5, 5.41) is 0. The normalized spacial score (nSPS) is 10.5. The highest BCUT2D eigenvalue weighted by Gasteiger charge is 2.09. The molecule has 0 bridgehead atoms. The van der Waals surface area contributed by atoms with Crippen LogP contribution in [-0.2, 0) is 6.54 Å². The van der Waals surface area contributed by atoms with E-state index in [1.165, 1.54) is 0 Å². The van der Waals surface area contributed by atoms with Crippen LogP contribution in [0.1, 0.15) is 35.7 Å². The van der Waals surface area contributed by atoms with Crippen LogP contribution in [0.4, 0.5) is 0 Å². The zero-order chi connectivity index (χ0) is 15.9. The Morgan fingerprint density at radius 3 is 2.73 bits per heavy atom. The number of aromatic nitrogens is 1. The van der Waals surface area contributed by atoms with E-state index in [9.17, 15) is 9.59 Å². The minimum Gasteiger partial charge on any atom is -0.488 e. The molecule has 22 heavy (non-hydrogen) atoms. The summed E-state index contributed by atoms with van der Waals surface area (Å²) < 4.78 is 8.50. The molecule has 0 saturated carbocycles. The number of hydrogen-bond acceptors (Lipinski definition) is 3. The van der Waals surface area contributed by atoms with Crippen LogP contribution in [0, 0.1) is 3.57 Å². The highest BCUT2D eigenvalue weighted by molar-refractivity contribution is 14.1. The Morgan fingerprint density at radius 2 is 2.05 bits per heavy atom. The lowest BCUT2D eigenvalue weighted by Crippen LogP contribution is -2.17. The minimum atomic E-state index is -0.342. The maximum atomic E-state index is 12.1. The van der Waals surface area contributed by atoms with Crippen molar-refractivity contribution in [2.24, 2.45) is 0 Å². The predicted octanol–water partition coefficient (Wildman–Crippen LogP) is 3.49. The fraction of sp³-hybridized carbons (Fsp3) is 0.294. The number of benzene rings is 1. The Labute approximate surface area is 143 Å². The zero-order valence-corrected chi connectivity index (χ0v) is 14.6. The molecule has 0 unspecified atom stereocenters. The Balaban J connectivity index is 2.31. The van der Waals surface area contributed by atoms with Crippen LogP contribution in [0.2, 0.25) is 0 Å². The van der Waals surface area contributed by atoms with Gasteiger partial charge in [0.1, 0.15) is 0 Å². The smallest absolute Gasteiger partial charge is 0.233 e. The van der Waals surface area contributed by atoms with Gasteiger partial charge in [-0.05, 0) is 40.6 Å². The molecule has 2 rings (SSSR count). The van der Waals surface area contributed by atoms with E-state index in [2.05, 4.69) is 29.5 Å². The van der Waals surface area contributed by atoms with Crippen molar-refractivity contribution in [3.8, 4) is 5.75 Å². The average Bonchev–Trinajstić information content (AvgIpc) is 2.52. The first-order valence-electron chi connectivity index (χ1n) is 7.21. The summed E-state index contributed by atoms with van der Waals surface area (Å²) >= 11 is 2.27. The summed E-state index contributed by atoms with van der Waals surface area (Å²) in [5.74, 6) is 0.240. The van der Waals surface area contributed by atoms with Gasteiger partial charge in [-0.25, -0.2) is 0 Å². The molecule has 1 aromatic heterocycles. The van der Waals surface area contributed by atoms with Crippen molar-refractivity contribution in [1.82, 2.24) is 4.57 Å². The Hall–Kier alpha value is -1.63. The van der Waals surface area contributed by atoms with Gasteiger partial charge in [-0.3, -0.25) is 9.59 Å². The maximum absolute atomic E-state index is 12.1. The quantitative estimate of drug-likeness (QED) is 0.398. The van der Waals surface area contributed by atoms with E-state index < -0.39 is 0 Å². The maximum Gasteiger partial charge on any atom is 0.233 e. The molecule has 116 valence electrons. The summed E-state index contributed by atoms with van der Waals surface area (Å²) in [5.41, 5.74) is 0.910. The molecule has 5 heteroatoms. The molecular formula is C17H18INO3. The van der Waals surface area contributed by atoms with Crippen LogP contribution >= 0.6 is 22.6 Å². The standard InChI is InChI=1S/C17H18INO3/c1-2-3-8-22-16-11-19(10-14(12-20)17(16)21)9-13-6-4-5-7-15(13)18/h4-7,10-12H,2-3,8-9H2,1H3. The van der Waals surface area contributed by atoms with Crippen molar-refractivity contribution in [3.63, 3.8) is 0 Å². The Kier molecular flexibility index (Phi) is 6.18. The second-order valence-electron chi connectivity index (χ2n) is 4.99. The van der Waals surface area contributed by atoms with E-state index >= 15 is 0 Å². The van der Waals surface area contributed by atoms with Crippen molar-refractivity contribution >= 4 is 28.9 Å². The number of carbonyl (C=O) groups is 1. The molecule has 0 spiro atoms. The van der Waals surface area contributed by atoms with E-state index in [1.54, 1.807) is 12.4 Å². The lowest BCUT2D eigenvalue weighted by atomic mass is 10.2. The summed E-state index contributed by atoms with van der Waals surface area (Å²) in [6.45, 7) is 3.13. The number of unbranched alkanes of at least 4 members (excludes halogenated alkanes) is 1. The molecule has 0 atom stereocenters. The van der Waals surface area contributed by atoms with E-state index in [1.807, 2.05) is 28.8 Å². The Morgan fingerprint density at radius 1 is 1.27 bits per heavy atom. The highest BCUT2D eigenvalue weighted by atomic mass is 127. The van der Waals surface area contributed by atoms with Crippen LogP contribution in [0.3, 0.4) is 0 Å². The molecule has 0 saturated heterocycles. The monoisotopic (exact) mass is 411 g/mol. The molecule has 0 radical (unpaired) electrons. The van der Waals surface area contributed by atoms with Crippen molar-refractivity contribution in [2.45, 2.75) is 26.3 Å². The number of halogens is 1. The lowest BCUT2D eigenvalue weighted by Gasteiger charge is -2.12. The lowest BCUT2D eigenvalue weighted by molar-refractivity contribution is 0.112. The van der Waals surface area contributed by atoms with Gasteiger partial charge in [0.15, 0.2) is 12.0 Å². The molecule has 0 amide bonds. The first kappa shape index (κ1) is 16.7. The van der Waals surface area contributed by atoms with Crippen LogP contribution in [0.5, 0.6) is 5.75 Å². The number of pyridine rings is 1. The Bertz CT molecular complexity index is 709. The number of nitrogens with zero attached hydrogens (tertiary/aromatic N) is 1. The molecule has 0 fully saturated rings. The summed E-state index contributed by atoms with van der Waals surface area (Å²) in [7, 11) is 0. The van der Waals surface area contributed by atoms with Gasteiger partial charge in [0.05, 0.1) is 18.4 Å². The number of hydrogen-bond donors (Lipinski definition) is 0. The van der Waals surface area contributed by atoms with E-state index in [0.717, 1.165) is 22.0 Å². The van der Waals surface area contributed by atoms with Gasteiger partial charge in [0.25, 0.3) is 0 Å². The third-order valence-corrected chi connectivity index (χ3v) is 4.32. The van der Waals surface area contributed by atoms with Crippen molar-refractivity contribution < 1.29 is 9.53 Å². The third kappa shape index (κ3) is 4.19. The van der Waals surface area contributed by atoms with Crippen LogP contribution in [0.15, 0.2) is 41.5 Å². The molecule has 2 aromatic rings. The molecule has 0 aliphatic heterocycles. The van der Waals surface area contributed by atoms with E-state index in [4.69, 9.17) is 4.74 Å². The number of aldehydes is 1. The van der Waals surface area contributed by atoms with Gasteiger partial charge in [0, 0.05) is 16.3 Å². The largest absolute Gasteiger partial charge is 0.488 e. The van der Waals surface area contributed by atoms with Crippen molar-refractivity contribution in [3.05, 3.63) is 61.6 Å². The molecule has 0 aliphatic carbocycles. The second-order valence-corrected chi connectivity index (χ2v) is 6.15. The topological polar surface area (TPSA) is 48.3 Å². The average molecular weight is 411 g/mol. The van der Waals surface area contributed by atoms with Gasteiger partial charge < -0.3 is 9.30 Å². The van der Waals surface area contributed by atoms with Crippen LogP contribution in [-0.4, -0.2) is 17.5 Å². The van der Waals surface area contributed by atoms with E-state index in [0.29, 0.717) is 19.4 Å². The summed E-state index contributed by atoms with van der Waals surface area (Å²) in [6, 6.07) is 8.00. The number of carbonyl (C=O) groups excluding carboxylic acids is 1. The SMILES string of the molecule is CCCCOc1cn(Cc2ccccc2I)cc(C=O)c1=O. The van der Waals surface area contributed by atoms with Crippen LogP contribution in [0.25, 0.3) is 0 Å². The van der Waals surface area contributed by atoms with Gasteiger partial charge in [0.2, 0.25) is 5.43 Å². The second kappa shape index (κ2) is 8.12. The molecule has 1 aromatic carbocycles. The first-order valence-corrected chi connectivity index (χ1v) is 8.29. The van der Waals surface area contributed by atoms with E-state index in [-0.39, 0.29) is 16.7 Å². The number of ether oxygens (including phenoxy) is 1. The fourth-order valence-corrected chi connectivity index (χ4v) is 2.61. The minimum absolute atomic E-state index is 0.125. The molecule has 0 aliphatic rings. The fourth-order valence-electron chi connectivity index (χ4n) is 2.05. The third-order valence-electron chi connectivity index (χ3n) is 3.27. The van der Waals surface area contributed by atoms with Gasteiger partial charge >= 0.3 is 0 Å². The number of rotatable bonds is 7. The van der Waals surface area contributed by atoms with Gasteiger partial charge in [-0.15, -0.1) is 0 Å². The molecule has 0 N–H and O–H groups in total. The van der Waals surface area contributed by atoms with Gasteiger partial charge in [-0.2, -0.15) is 0 Å². The van der Waals surface area contributed by atoms with Crippen molar-refractivity contribution in [1.29, 1.82) is 0 Å². The molecular weight excluding hydrogens is 393 g/mol. The molecule has 4 nitrogen and oxygen atoms in total. The van der Waals surface area contributed by atoms with Crippen LogP contribution < -0.4 is 10.2 Å². The first-order chi connectivity index (χ1) is 10.7. The molecule has 1 heterocycles. The summed E-state index contributed by atoms with van der Waals surface area (Å²) in [6.07, 6.45) is 5.70. The van der Waals surface area contributed by atoms with Gasteiger partial charge in [-0.1, -0.05) is 31.5 Å².